The summed E-state index contributed by atoms with van der Waals surface area (Å²) < 4.78 is 40.3. The largest absolute Gasteiger partial charge is 0.366 e. The Labute approximate surface area is 138 Å². The Morgan fingerprint density at radius 2 is 1.67 bits per heavy atom. The van der Waals surface area contributed by atoms with E-state index in [1.165, 1.54) is 6.07 Å². The van der Waals surface area contributed by atoms with Crippen LogP contribution < -0.4 is 4.90 Å². The molecule has 1 saturated heterocycles. The molecule has 0 N–H and O–H groups in total. The van der Waals surface area contributed by atoms with Crippen LogP contribution in [0.5, 0.6) is 0 Å². The van der Waals surface area contributed by atoms with Crippen molar-refractivity contribution >= 4 is 11.6 Å². The van der Waals surface area contributed by atoms with Crippen molar-refractivity contribution in [2.45, 2.75) is 6.92 Å². The van der Waals surface area contributed by atoms with E-state index >= 15 is 0 Å². The van der Waals surface area contributed by atoms with Gasteiger partial charge in [-0.3, -0.25) is 4.79 Å². The third kappa shape index (κ3) is 3.09. The molecule has 0 spiro atoms. The molecule has 1 fully saturated rings. The van der Waals surface area contributed by atoms with Gasteiger partial charge in [0.2, 0.25) is 0 Å². The number of piperazine rings is 1. The first-order chi connectivity index (χ1) is 11.5. The first kappa shape index (κ1) is 16.4. The van der Waals surface area contributed by atoms with Crippen LogP contribution in [0.25, 0.3) is 0 Å². The van der Waals surface area contributed by atoms with Gasteiger partial charge in [-0.2, -0.15) is 0 Å². The molecular formula is C18H17F3N2O. The fourth-order valence-electron chi connectivity index (χ4n) is 2.87. The van der Waals surface area contributed by atoms with Gasteiger partial charge in [-0.05, 0) is 31.2 Å². The van der Waals surface area contributed by atoms with Crippen LogP contribution in [0.15, 0.2) is 36.4 Å². The van der Waals surface area contributed by atoms with Gasteiger partial charge in [0.25, 0.3) is 5.91 Å². The minimum Gasteiger partial charge on any atom is -0.366 e. The second kappa shape index (κ2) is 6.55. The van der Waals surface area contributed by atoms with E-state index in [-0.39, 0.29) is 11.6 Å². The second-order valence-electron chi connectivity index (χ2n) is 5.84. The zero-order valence-corrected chi connectivity index (χ0v) is 13.2. The van der Waals surface area contributed by atoms with Gasteiger partial charge in [0.1, 0.15) is 0 Å². The molecule has 0 bridgehead atoms. The molecule has 1 heterocycles. The summed E-state index contributed by atoms with van der Waals surface area (Å²) in [7, 11) is 0. The minimum absolute atomic E-state index is 0.0246. The summed E-state index contributed by atoms with van der Waals surface area (Å²) in [5.41, 5.74) is 1.64. The Hall–Kier alpha value is -2.50. The summed E-state index contributed by atoms with van der Waals surface area (Å²) in [5, 5.41) is 0. The van der Waals surface area contributed by atoms with E-state index in [2.05, 4.69) is 0 Å². The predicted octanol–water partition coefficient (Wildman–Crippen LogP) is 3.37. The smallest absolute Gasteiger partial charge is 0.253 e. The number of amides is 1. The van der Waals surface area contributed by atoms with Crippen molar-refractivity contribution in [3.63, 3.8) is 0 Å². The summed E-state index contributed by atoms with van der Waals surface area (Å²) in [6.07, 6.45) is 0. The third-order valence-electron chi connectivity index (χ3n) is 4.19. The van der Waals surface area contributed by atoms with Gasteiger partial charge < -0.3 is 9.80 Å². The lowest BCUT2D eigenvalue weighted by molar-refractivity contribution is 0.0746. The molecule has 0 atom stereocenters. The third-order valence-corrected chi connectivity index (χ3v) is 4.19. The molecule has 0 radical (unpaired) electrons. The van der Waals surface area contributed by atoms with Gasteiger partial charge >= 0.3 is 0 Å². The highest BCUT2D eigenvalue weighted by Gasteiger charge is 2.25. The van der Waals surface area contributed by atoms with E-state index in [1.807, 2.05) is 25.1 Å². The van der Waals surface area contributed by atoms with E-state index in [1.54, 1.807) is 15.9 Å². The van der Waals surface area contributed by atoms with Gasteiger partial charge in [-0.1, -0.05) is 17.7 Å². The molecule has 3 nitrogen and oxygen atoms in total. The lowest BCUT2D eigenvalue weighted by atomic mass is 10.1. The standard InChI is InChI=1S/C18H17F3N2O/c1-12-3-2-4-13(11-12)18(24)23-9-7-22(8-10-23)15-6-5-14(19)16(20)17(15)21/h2-6,11H,7-10H2,1H3. The molecule has 6 heteroatoms. The number of benzene rings is 2. The monoisotopic (exact) mass is 334 g/mol. The maximum Gasteiger partial charge on any atom is 0.253 e. The van der Waals surface area contributed by atoms with Crippen LogP contribution in [0.2, 0.25) is 0 Å². The zero-order valence-electron chi connectivity index (χ0n) is 13.2. The van der Waals surface area contributed by atoms with Crippen LogP contribution in [-0.4, -0.2) is 37.0 Å². The maximum absolute atomic E-state index is 13.9. The molecule has 2 aromatic rings. The van der Waals surface area contributed by atoms with Crippen LogP contribution in [0, 0.1) is 24.4 Å². The van der Waals surface area contributed by atoms with E-state index in [9.17, 15) is 18.0 Å². The fraction of sp³-hybridized carbons (Fsp3) is 0.278. The predicted molar refractivity (Wildman–Crippen MR) is 85.6 cm³/mol. The van der Waals surface area contributed by atoms with Crippen LogP contribution >= 0.6 is 0 Å². The van der Waals surface area contributed by atoms with Crippen LogP contribution in [0.1, 0.15) is 15.9 Å². The number of rotatable bonds is 2. The molecule has 0 unspecified atom stereocenters. The fourth-order valence-corrected chi connectivity index (χ4v) is 2.87. The number of hydrogen-bond donors (Lipinski definition) is 0. The Morgan fingerprint density at radius 3 is 2.33 bits per heavy atom. The molecule has 1 aliphatic heterocycles. The number of halogens is 3. The van der Waals surface area contributed by atoms with Gasteiger partial charge in [0.05, 0.1) is 5.69 Å². The molecule has 1 amide bonds. The summed E-state index contributed by atoms with van der Waals surface area (Å²) in [5.74, 6) is -3.94. The van der Waals surface area contributed by atoms with Crippen LogP contribution in [-0.2, 0) is 0 Å². The second-order valence-corrected chi connectivity index (χ2v) is 5.84. The van der Waals surface area contributed by atoms with Gasteiger partial charge in [0.15, 0.2) is 17.5 Å². The SMILES string of the molecule is Cc1cccc(C(=O)N2CCN(c3ccc(F)c(F)c3F)CC2)c1. The summed E-state index contributed by atoms with van der Waals surface area (Å²) >= 11 is 0. The maximum atomic E-state index is 13.9. The summed E-state index contributed by atoms with van der Waals surface area (Å²) in [6.45, 7) is 3.43. The number of aryl methyl sites for hydroxylation is 1. The van der Waals surface area contributed by atoms with Gasteiger partial charge in [-0.25, -0.2) is 13.2 Å². The van der Waals surface area contributed by atoms with Gasteiger partial charge in [0, 0.05) is 31.7 Å². The van der Waals surface area contributed by atoms with Crippen molar-refractivity contribution in [1.29, 1.82) is 0 Å². The van der Waals surface area contributed by atoms with Crippen LogP contribution in [0.3, 0.4) is 0 Å². The quantitative estimate of drug-likeness (QED) is 0.786. The molecule has 0 saturated carbocycles. The number of carbonyl (C=O) groups is 1. The highest BCUT2D eigenvalue weighted by molar-refractivity contribution is 5.94. The Morgan fingerprint density at radius 1 is 0.958 bits per heavy atom. The van der Waals surface area contributed by atoms with E-state index in [4.69, 9.17) is 0 Å². The first-order valence-corrected chi connectivity index (χ1v) is 7.72. The molecular weight excluding hydrogens is 317 g/mol. The normalized spacial score (nSPS) is 14.8. The number of hydrogen-bond acceptors (Lipinski definition) is 2. The summed E-state index contributed by atoms with van der Waals surface area (Å²) in [4.78, 5) is 15.8. The van der Waals surface area contributed by atoms with E-state index < -0.39 is 17.5 Å². The first-order valence-electron chi connectivity index (χ1n) is 7.72. The average Bonchev–Trinajstić information content (AvgIpc) is 2.59. The molecule has 0 aliphatic carbocycles. The number of anilines is 1. The van der Waals surface area contributed by atoms with Crippen LogP contribution in [0.4, 0.5) is 18.9 Å². The molecule has 2 aromatic carbocycles. The molecule has 126 valence electrons. The van der Waals surface area contributed by atoms with Crippen molar-refractivity contribution in [2.75, 3.05) is 31.1 Å². The molecule has 1 aliphatic rings. The zero-order chi connectivity index (χ0) is 17.3. The lowest BCUT2D eigenvalue weighted by Gasteiger charge is -2.36. The molecule has 0 aromatic heterocycles. The number of carbonyl (C=O) groups excluding carboxylic acids is 1. The highest BCUT2D eigenvalue weighted by atomic mass is 19.2. The van der Waals surface area contributed by atoms with Gasteiger partial charge in [-0.15, -0.1) is 0 Å². The Balaban J connectivity index is 1.70. The van der Waals surface area contributed by atoms with Crippen molar-refractivity contribution in [1.82, 2.24) is 4.90 Å². The number of nitrogens with zero attached hydrogens (tertiary/aromatic N) is 2. The molecule has 24 heavy (non-hydrogen) atoms. The average molecular weight is 334 g/mol. The highest BCUT2D eigenvalue weighted by Crippen LogP contribution is 2.25. The minimum atomic E-state index is -1.47. The van der Waals surface area contributed by atoms with Crippen molar-refractivity contribution in [3.8, 4) is 0 Å². The van der Waals surface area contributed by atoms with E-state index in [0.717, 1.165) is 11.6 Å². The topological polar surface area (TPSA) is 23.6 Å². The Kier molecular flexibility index (Phi) is 4.46. The van der Waals surface area contributed by atoms with Crippen molar-refractivity contribution in [2.24, 2.45) is 0 Å². The van der Waals surface area contributed by atoms with E-state index in [0.29, 0.717) is 31.7 Å². The van der Waals surface area contributed by atoms with Crippen molar-refractivity contribution in [3.05, 3.63) is 65.0 Å². The molecule has 3 rings (SSSR count). The Bertz CT molecular complexity index is 771. The summed E-state index contributed by atoms with van der Waals surface area (Å²) in [6, 6.07) is 9.47. The van der Waals surface area contributed by atoms with Crippen molar-refractivity contribution < 1.29 is 18.0 Å². The lowest BCUT2D eigenvalue weighted by Crippen LogP contribution is -2.49.